The Morgan fingerprint density at radius 2 is 1.65 bits per heavy atom. The average molecular weight is 499 g/mol. The van der Waals surface area contributed by atoms with Gasteiger partial charge in [0.2, 0.25) is 5.82 Å². The number of amides is 1. The van der Waals surface area contributed by atoms with Gasteiger partial charge >= 0.3 is 5.97 Å². The Balaban J connectivity index is 1.52. The molecule has 1 atom stereocenters. The van der Waals surface area contributed by atoms with Gasteiger partial charge in [0.25, 0.3) is 11.8 Å². The molecule has 1 heterocycles. The van der Waals surface area contributed by atoms with Gasteiger partial charge in [0.05, 0.1) is 11.6 Å². The quantitative estimate of drug-likeness (QED) is 0.246. The Labute approximate surface area is 216 Å². The molecule has 1 amide bonds. The third kappa shape index (κ3) is 6.61. The number of hydrogen-bond donors (Lipinski definition) is 2. The lowest BCUT2D eigenvalue weighted by Gasteiger charge is -2.22. The van der Waals surface area contributed by atoms with Crippen molar-refractivity contribution in [2.45, 2.75) is 45.6 Å². The number of hydrogen-bond acceptors (Lipinski definition) is 7. The number of carbonyl (C=O) groups excluding carboxylic acids is 2. The van der Waals surface area contributed by atoms with Crippen molar-refractivity contribution in [3.63, 3.8) is 0 Å². The molecule has 0 saturated heterocycles. The van der Waals surface area contributed by atoms with Crippen LogP contribution in [0.25, 0.3) is 22.8 Å². The van der Waals surface area contributed by atoms with Gasteiger partial charge in [-0.1, -0.05) is 86.4 Å². The van der Waals surface area contributed by atoms with Crippen molar-refractivity contribution >= 4 is 17.6 Å². The summed E-state index contributed by atoms with van der Waals surface area (Å²) < 4.78 is 5.45. The second-order valence-corrected chi connectivity index (χ2v) is 8.55. The molecule has 0 fully saturated rings. The van der Waals surface area contributed by atoms with Crippen molar-refractivity contribution in [1.29, 1.82) is 0 Å². The Hall–Kier alpha value is -4.46. The fourth-order valence-corrected chi connectivity index (χ4v) is 3.86. The van der Waals surface area contributed by atoms with Crippen molar-refractivity contribution in [2.75, 3.05) is 5.32 Å². The van der Waals surface area contributed by atoms with Crippen molar-refractivity contribution in [3.8, 4) is 22.8 Å². The number of para-hydroxylation sites is 1. The smallest absolute Gasteiger partial charge is 0.331 e. The van der Waals surface area contributed by atoms with Gasteiger partial charge < -0.3 is 14.7 Å². The normalized spacial score (nSPS) is 11.5. The number of unbranched alkanes of at least 4 members (excludes halogenated alkanes) is 1. The highest BCUT2D eigenvalue weighted by atomic mass is 16.7. The van der Waals surface area contributed by atoms with Crippen LogP contribution in [0.2, 0.25) is 0 Å². The van der Waals surface area contributed by atoms with Gasteiger partial charge in [0.1, 0.15) is 0 Å². The zero-order valence-electron chi connectivity index (χ0n) is 20.9. The lowest BCUT2D eigenvalue weighted by atomic mass is 9.98. The zero-order valence-corrected chi connectivity index (χ0v) is 20.9. The summed E-state index contributed by atoms with van der Waals surface area (Å²) >= 11 is 0. The van der Waals surface area contributed by atoms with Gasteiger partial charge in [-0.3, -0.25) is 4.79 Å². The predicted molar refractivity (Wildman–Crippen MR) is 141 cm³/mol. The predicted octanol–water partition coefficient (Wildman–Crippen LogP) is 6.35. The fraction of sp³-hybridized carbons (Fsp3) is 0.241. The number of aromatic nitrogens is 2. The van der Waals surface area contributed by atoms with Crippen molar-refractivity contribution in [2.24, 2.45) is 0 Å². The number of carbonyl (C=O) groups is 2. The van der Waals surface area contributed by atoms with Crippen LogP contribution in [0, 0.1) is 0 Å². The van der Waals surface area contributed by atoms with Crippen LogP contribution in [-0.4, -0.2) is 22.0 Å². The van der Waals surface area contributed by atoms with Gasteiger partial charge in [-0.2, -0.15) is 10.5 Å². The molecule has 1 aromatic heterocycles. The number of nitrogens with one attached hydrogen (secondary N) is 2. The molecular formula is C29H30N4O4. The van der Waals surface area contributed by atoms with E-state index in [0.717, 1.165) is 36.0 Å². The maximum atomic E-state index is 12.7. The van der Waals surface area contributed by atoms with E-state index in [2.05, 4.69) is 27.9 Å². The van der Waals surface area contributed by atoms with E-state index in [1.54, 1.807) is 19.1 Å². The first-order valence-corrected chi connectivity index (χ1v) is 12.4. The summed E-state index contributed by atoms with van der Waals surface area (Å²) in [6.07, 6.45) is 3.09. The highest BCUT2D eigenvalue weighted by molar-refractivity contribution is 5.99. The lowest BCUT2D eigenvalue weighted by Crippen LogP contribution is -2.27. The van der Waals surface area contributed by atoms with E-state index in [9.17, 15) is 9.59 Å². The molecule has 0 radical (unpaired) electrons. The summed E-state index contributed by atoms with van der Waals surface area (Å²) in [6.45, 7) is 3.80. The van der Waals surface area contributed by atoms with E-state index in [1.807, 2.05) is 66.7 Å². The van der Waals surface area contributed by atoms with E-state index in [4.69, 9.17) is 9.36 Å². The maximum absolute atomic E-state index is 12.7. The second kappa shape index (κ2) is 12.5. The van der Waals surface area contributed by atoms with E-state index in [1.165, 1.54) is 0 Å². The summed E-state index contributed by atoms with van der Waals surface area (Å²) in [5.74, 6) is 0.00629. The van der Waals surface area contributed by atoms with Crippen LogP contribution in [0.5, 0.6) is 0 Å². The van der Waals surface area contributed by atoms with Crippen LogP contribution >= 0.6 is 0 Å². The lowest BCUT2D eigenvalue weighted by molar-refractivity contribution is -0.148. The molecule has 0 aliphatic heterocycles. The largest absolute Gasteiger partial charge is 0.378 e. The summed E-state index contributed by atoms with van der Waals surface area (Å²) in [5, 5.41) is 7.65. The molecular weight excluding hydrogens is 468 g/mol. The van der Waals surface area contributed by atoms with Gasteiger partial charge in [0.15, 0.2) is 0 Å². The summed E-state index contributed by atoms with van der Waals surface area (Å²) in [7, 11) is 0. The molecule has 37 heavy (non-hydrogen) atoms. The topological polar surface area (TPSA) is 106 Å². The first-order valence-electron chi connectivity index (χ1n) is 12.4. The molecule has 3 aromatic carbocycles. The van der Waals surface area contributed by atoms with E-state index >= 15 is 0 Å². The first kappa shape index (κ1) is 25.6. The average Bonchev–Trinajstić information content (AvgIpc) is 3.45. The SMILES string of the molecule is CCCC[C@H](Nc1ccccc1C(=O)NOC(=O)CC)c1ccc(-c2noc(-c3ccccc3)n2)cc1. The number of anilines is 1. The van der Waals surface area contributed by atoms with E-state index in [0.29, 0.717) is 23.0 Å². The van der Waals surface area contributed by atoms with Gasteiger partial charge in [-0.15, -0.1) is 0 Å². The molecule has 190 valence electrons. The van der Waals surface area contributed by atoms with Crippen LogP contribution in [0.1, 0.15) is 61.5 Å². The van der Waals surface area contributed by atoms with Crippen LogP contribution in [0.4, 0.5) is 5.69 Å². The second-order valence-electron chi connectivity index (χ2n) is 8.55. The number of nitrogens with zero attached hydrogens (tertiary/aromatic N) is 2. The number of hydroxylamine groups is 1. The first-order chi connectivity index (χ1) is 18.1. The Morgan fingerprint density at radius 3 is 2.38 bits per heavy atom. The Morgan fingerprint density at radius 1 is 0.919 bits per heavy atom. The minimum Gasteiger partial charge on any atom is -0.378 e. The fourth-order valence-electron chi connectivity index (χ4n) is 3.86. The minimum atomic E-state index is -0.503. The minimum absolute atomic E-state index is 0.0358. The molecule has 2 N–H and O–H groups in total. The molecule has 0 aliphatic rings. The monoisotopic (exact) mass is 498 g/mol. The summed E-state index contributed by atoms with van der Waals surface area (Å²) in [4.78, 5) is 33.5. The molecule has 0 unspecified atom stereocenters. The molecule has 0 saturated carbocycles. The zero-order chi connectivity index (χ0) is 26.0. The van der Waals surface area contributed by atoms with Crippen LogP contribution in [0.15, 0.2) is 83.4 Å². The standard InChI is InChI=1S/C29H30N4O4/c1-3-5-14-24(30-25-15-10-9-13-23(25)28(35)33-36-26(34)4-2)20-16-18-21(19-17-20)27-31-29(37-32-27)22-11-7-6-8-12-22/h6-13,15-19,24,30H,3-5,14H2,1-2H3,(H,33,35)/t24-/m0/s1. The third-order valence-electron chi connectivity index (χ3n) is 5.91. The van der Waals surface area contributed by atoms with Crippen molar-refractivity contribution < 1.29 is 18.9 Å². The number of rotatable bonds is 10. The van der Waals surface area contributed by atoms with Crippen LogP contribution in [0.3, 0.4) is 0 Å². The van der Waals surface area contributed by atoms with E-state index in [-0.39, 0.29) is 12.5 Å². The van der Waals surface area contributed by atoms with Crippen molar-refractivity contribution in [3.05, 3.63) is 90.0 Å². The molecule has 4 aromatic rings. The molecule has 4 rings (SSSR count). The van der Waals surface area contributed by atoms with Crippen LogP contribution in [-0.2, 0) is 9.63 Å². The molecule has 0 bridgehead atoms. The highest BCUT2D eigenvalue weighted by Gasteiger charge is 2.18. The Kier molecular flexibility index (Phi) is 8.65. The maximum Gasteiger partial charge on any atom is 0.331 e. The van der Waals surface area contributed by atoms with Crippen LogP contribution < -0.4 is 10.8 Å². The number of benzene rings is 3. The molecule has 8 heteroatoms. The summed E-state index contributed by atoms with van der Waals surface area (Å²) in [5.41, 5.74) is 6.07. The molecule has 0 aliphatic carbocycles. The van der Waals surface area contributed by atoms with E-state index < -0.39 is 11.9 Å². The molecule has 8 nitrogen and oxygen atoms in total. The van der Waals surface area contributed by atoms with Gasteiger partial charge in [0, 0.05) is 23.2 Å². The summed E-state index contributed by atoms with van der Waals surface area (Å²) in [6, 6.07) is 24.8. The van der Waals surface area contributed by atoms with Gasteiger partial charge in [-0.25, -0.2) is 4.79 Å². The Bertz CT molecular complexity index is 1320. The third-order valence-corrected chi connectivity index (χ3v) is 5.91. The molecule has 0 spiro atoms. The van der Waals surface area contributed by atoms with Gasteiger partial charge in [-0.05, 0) is 36.2 Å². The highest BCUT2D eigenvalue weighted by Crippen LogP contribution is 2.29. The van der Waals surface area contributed by atoms with Crippen molar-refractivity contribution in [1.82, 2.24) is 15.6 Å².